The van der Waals surface area contributed by atoms with E-state index < -0.39 is 9.05 Å². The smallest absolute Gasteiger partial charge is 0.232 e. The summed E-state index contributed by atoms with van der Waals surface area (Å²) in [4.78, 5) is 0. The lowest BCUT2D eigenvalue weighted by Crippen LogP contribution is -2.04. The van der Waals surface area contributed by atoms with E-state index in [0.717, 1.165) is 16.9 Å². The molecule has 2 rings (SSSR count). The quantitative estimate of drug-likeness (QED) is 0.603. The highest BCUT2D eigenvalue weighted by Crippen LogP contribution is 2.22. The van der Waals surface area contributed by atoms with Gasteiger partial charge >= 0.3 is 0 Å². The summed E-state index contributed by atoms with van der Waals surface area (Å²) in [5, 5.41) is 0. The molecule has 0 radical (unpaired) electrons. The molecule has 3 nitrogen and oxygen atoms in total. The highest BCUT2D eigenvalue weighted by Gasteiger charge is 2.04. The Balaban J connectivity index is 1.89. The van der Waals surface area contributed by atoms with Crippen molar-refractivity contribution in [2.24, 2.45) is 0 Å². The van der Waals surface area contributed by atoms with E-state index in [9.17, 15) is 8.42 Å². The van der Waals surface area contributed by atoms with Crippen LogP contribution in [-0.2, 0) is 9.05 Å². The van der Waals surface area contributed by atoms with E-state index in [1.807, 2.05) is 54.6 Å². The second kappa shape index (κ2) is 6.77. The van der Waals surface area contributed by atoms with Gasteiger partial charge in [0.05, 0.1) is 12.4 Å². The maximum absolute atomic E-state index is 10.8. The molecule has 2 aromatic rings. The van der Waals surface area contributed by atoms with Gasteiger partial charge in [-0.1, -0.05) is 42.5 Å². The highest BCUT2D eigenvalue weighted by molar-refractivity contribution is 8.13. The van der Waals surface area contributed by atoms with Crippen LogP contribution >= 0.6 is 10.7 Å². The van der Waals surface area contributed by atoms with Crippen LogP contribution in [0.5, 0.6) is 5.75 Å². The summed E-state index contributed by atoms with van der Waals surface area (Å²) in [6, 6.07) is 17.7. The molecule has 0 N–H and O–H groups in total. The lowest BCUT2D eigenvalue weighted by atomic mass is 10.1. The summed E-state index contributed by atoms with van der Waals surface area (Å²) < 4.78 is 27.0. The first kappa shape index (κ1) is 14.9. The van der Waals surface area contributed by atoms with Gasteiger partial charge < -0.3 is 4.74 Å². The molecule has 5 heteroatoms. The van der Waals surface area contributed by atoms with Gasteiger partial charge in [0.25, 0.3) is 0 Å². The van der Waals surface area contributed by atoms with Crippen molar-refractivity contribution in [1.29, 1.82) is 0 Å². The summed E-state index contributed by atoms with van der Waals surface area (Å²) in [5.74, 6) is 0.646. The molecule has 0 unspecified atom stereocenters. The average Bonchev–Trinajstić information content (AvgIpc) is 2.44. The zero-order valence-corrected chi connectivity index (χ0v) is 12.4. The Labute approximate surface area is 123 Å². The standard InChI is InChI=1S/C15H15ClO3S/c16-20(17,18)12-4-11-19-15-9-7-14(8-10-15)13-5-2-1-3-6-13/h1-3,5-10H,4,11-12H2. The van der Waals surface area contributed by atoms with E-state index in [1.54, 1.807) is 0 Å². The molecule has 0 amide bonds. The van der Waals surface area contributed by atoms with Crippen molar-refractivity contribution in [3.8, 4) is 16.9 Å². The van der Waals surface area contributed by atoms with Gasteiger partial charge in [0.2, 0.25) is 9.05 Å². The van der Waals surface area contributed by atoms with Gasteiger partial charge in [0, 0.05) is 10.7 Å². The Kier molecular flexibility index (Phi) is 5.04. The first-order chi connectivity index (χ1) is 9.54. The molecule has 0 atom stereocenters. The van der Waals surface area contributed by atoms with Crippen LogP contribution in [0.2, 0.25) is 0 Å². The van der Waals surface area contributed by atoms with Gasteiger partial charge in [-0.25, -0.2) is 8.42 Å². The molecule has 0 aliphatic rings. The number of benzene rings is 2. The van der Waals surface area contributed by atoms with Crippen LogP contribution in [0.1, 0.15) is 6.42 Å². The third kappa shape index (κ3) is 4.87. The second-order valence-electron chi connectivity index (χ2n) is 4.34. The van der Waals surface area contributed by atoms with Crippen molar-refractivity contribution in [2.75, 3.05) is 12.4 Å². The van der Waals surface area contributed by atoms with Crippen molar-refractivity contribution >= 4 is 19.7 Å². The van der Waals surface area contributed by atoms with Crippen LogP contribution < -0.4 is 4.74 Å². The van der Waals surface area contributed by atoms with Crippen molar-refractivity contribution in [3.05, 3.63) is 54.6 Å². The zero-order chi connectivity index (χ0) is 14.4. The SMILES string of the molecule is O=S(=O)(Cl)CCCOc1ccc(-c2ccccc2)cc1. The normalized spacial score (nSPS) is 11.2. The Hall–Kier alpha value is -1.52. The largest absolute Gasteiger partial charge is 0.494 e. The van der Waals surface area contributed by atoms with E-state index >= 15 is 0 Å². The monoisotopic (exact) mass is 310 g/mol. The first-order valence-corrected chi connectivity index (χ1v) is 8.73. The summed E-state index contributed by atoms with van der Waals surface area (Å²) in [6.45, 7) is 0.330. The molecule has 106 valence electrons. The minimum Gasteiger partial charge on any atom is -0.494 e. The number of ether oxygens (including phenoxy) is 1. The van der Waals surface area contributed by atoms with E-state index in [2.05, 4.69) is 0 Å². The third-order valence-corrected chi connectivity index (χ3v) is 4.00. The van der Waals surface area contributed by atoms with Crippen molar-refractivity contribution in [2.45, 2.75) is 6.42 Å². The van der Waals surface area contributed by atoms with Gasteiger partial charge in [-0.2, -0.15) is 0 Å². The van der Waals surface area contributed by atoms with Gasteiger partial charge in [0.1, 0.15) is 5.75 Å². The van der Waals surface area contributed by atoms with Gasteiger partial charge in [0.15, 0.2) is 0 Å². The molecule has 0 spiro atoms. The maximum atomic E-state index is 10.8. The third-order valence-electron chi connectivity index (χ3n) is 2.76. The first-order valence-electron chi connectivity index (χ1n) is 6.25. The summed E-state index contributed by atoms with van der Waals surface area (Å²) in [5.41, 5.74) is 2.26. The molecule has 0 fully saturated rings. The minimum atomic E-state index is -3.43. The Morgan fingerprint density at radius 1 is 0.900 bits per heavy atom. The van der Waals surface area contributed by atoms with Crippen molar-refractivity contribution in [1.82, 2.24) is 0 Å². The summed E-state index contributed by atoms with van der Waals surface area (Å²) in [7, 11) is 1.69. The zero-order valence-electron chi connectivity index (χ0n) is 10.8. The lowest BCUT2D eigenvalue weighted by Gasteiger charge is -2.07. The molecule has 0 saturated heterocycles. The molecule has 0 aliphatic heterocycles. The number of hydrogen-bond donors (Lipinski definition) is 0. The molecule has 0 bridgehead atoms. The molecule has 0 heterocycles. The van der Waals surface area contributed by atoms with E-state index in [-0.39, 0.29) is 5.75 Å². The fraction of sp³-hybridized carbons (Fsp3) is 0.200. The minimum absolute atomic E-state index is 0.0728. The number of hydrogen-bond acceptors (Lipinski definition) is 3. The van der Waals surface area contributed by atoms with Crippen LogP contribution in [0, 0.1) is 0 Å². The fourth-order valence-electron chi connectivity index (χ4n) is 1.80. The number of rotatable bonds is 6. The van der Waals surface area contributed by atoms with Crippen LogP contribution in [0.15, 0.2) is 54.6 Å². The Morgan fingerprint density at radius 2 is 1.50 bits per heavy atom. The van der Waals surface area contributed by atoms with Gasteiger partial charge in [-0.05, 0) is 29.7 Å². The van der Waals surface area contributed by atoms with Crippen LogP contribution in [0.3, 0.4) is 0 Å². The summed E-state index contributed by atoms with van der Waals surface area (Å²) in [6.07, 6.45) is 0.381. The van der Waals surface area contributed by atoms with Crippen molar-refractivity contribution < 1.29 is 13.2 Å². The van der Waals surface area contributed by atoms with Gasteiger partial charge in [-0.3, -0.25) is 0 Å². The maximum Gasteiger partial charge on any atom is 0.232 e. The molecule has 20 heavy (non-hydrogen) atoms. The molecular weight excluding hydrogens is 296 g/mol. The molecule has 0 aliphatic carbocycles. The number of halogens is 1. The molecule has 2 aromatic carbocycles. The molecule has 0 saturated carbocycles. The molecular formula is C15H15ClO3S. The molecule has 0 aromatic heterocycles. The Bertz CT molecular complexity index is 637. The summed E-state index contributed by atoms with van der Waals surface area (Å²) >= 11 is 0. The van der Waals surface area contributed by atoms with Crippen LogP contribution in [0.4, 0.5) is 0 Å². The van der Waals surface area contributed by atoms with E-state index in [4.69, 9.17) is 15.4 Å². The fourth-order valence-corrected chi connectivity index (χ4v) is 2.59. The van der Waals surface area contributed by atoms with E-state index in [0.29, 0.717) is 13.0 Å². The predicted molar refractivity (Wildman–Crippen MR) is 81.6 cm³/mol. The van der Waals surface area contributed by atoms with Crippen LogP contribution in [-0.4, -0.2) is 20.8 Å². The van der Waals surface area contributed by atoms with Crippen molar-refractivity contribution in [3.63, 3.8) is 0 Å². The predicted octanol–water partition coefficient (Wildman–Crippen LogP) is 3.69. The lowest BCUT2D eigenvalue weighted by molar-refractivity contribution is 0.318. The average molecular weight is 311 g/mol. The van der Waals surface area contributed by atoms with E-state index in [1.165, 1.54) is 0 Å². The van der Waals surface area contributed by atoms with Crippen LogP contribution in [0.25, 0.3) is 11.1 Å². The second-order valence-corrected chi connectivity index (χ2v) is 7.23. The topological polar surface area (TPSA) is 43.4 Å². The van der Waals surface area contributed by atoms with Gasteiger partial charge in [-0.15, -0.1) is 0 Å². The Morgan fingerprint density at radius 3 is 2.10 bits per heavy atom. The highest BCUT2D eigenvalue weighted by atomic mass is 35.7.